The van der Waals surface area contributed by atoms with Crippen LogP contribution < -0.4 is 9.46 Å². The van der Waals surface area contributed by atoms with Crippen molar-refractivity contribution in [2.45, 2.75) is 11.3 Å². The molecule has 0 fully saturated rings. The number of H-pyrrole nitrogens is 1. The molecule has 0 saturated carbocycles. The number of aromatic amines is 1. The first-order valence-electron chi connectivity index (χ1n) is 5.70. The van der Waals surface area contributed by atoms with E-state index in [0.29, 0.717) is 18.0 Å². The second-order valence-electron chi connectivity index (χ2n) is 3.88. The summed E-state index contributed by atoms with van der Waals surface area (Å²) in [5, 5.41) is 6.58. The van der Waals surface area contributed by atoms with Crippen LogP contribution in [-0.4, -0.2) is 37.3 Å². The van der Waals surface area contributed by atoms with Crippen LogP contribution in [0.4, 0.5) is 0 Å². The van der Waals surface area contributed by atoms with E-state index in [4.69, 9.17) is 16.3 Å². The van der Waals surface area contributed by atoms with Crippen molar-refractivity contribution in [2.75, 3.05) is 13.7 Å². The molecule has 1 aromatic heterocycles. The third-order valence-corrected chi connectivity index (χ3v) is 4.31. The smallest absolute Gasteiger partial charge is 0.240 e. The van der Waals surface area contributed by atoms with Crippen molar-refractivity contribution in [1.29, 1.82) is 0 Å². The summed E-state index contributed by atoms with van der Waals surface area (Å²) in [6, 6.07) is 4.28. The van der Waals surface area contributed by atoms with Gasteiger partial charge in [0, 0.05) is 13.0 Å². The lowest BCUT2D eigenvalue weighted by molar-refractivity contribution is 0.414. The maximum Gasteiger partial charge on any atom is 0.240 e. The van der Waals surface area contributed by atoms with E-state index in [1.807, 2.05) is 0 Å². The zero-order valence-corrected chi connectivity index (χ0v) is 12.2. The molecule has 0 saturated heterocycles. The van der Waals surface area contributed by atoms with Gasteiger partial charge in [0.2, 0.25) is 10.0 Å². The van der Waals surface area contributed by atoms with Gasteiger partial charge < -0.3 is 4.74 Å². The molecule has 0 amide bonds. The van der Waals surface area contributed by atoms with E-state index in [1.54, 1.807) is 0 Å². The van der Waals surface area contributed by atoms with E-state index in [1.165, 1.54) is 31.6 Å². The summed E-state index contributed by atoms with van der Waals surface area (Å²) in [5.41, 5.74) is 0. The molecule has 9 heteroatoms. The van der Waals surface area contributed by atoms with Gasteiger partial charge in [0.25, 0.3) is 0 Å². The minimum atomic E-state index is -3.61. The second-order valence-corrected chi connectivity index (χ2v) is 6.05. The van der Waals surface area contributed by atoms with Crippen LogP contribution in [0.2, 0.25) is 5.02 Å². The van der Waals surface area contributed by atoms with Crippen LogP contribution in [0.25, 0.3) is 0 Å². The Balaban J connectivity index is 2.04. The van der Waals surface area contributed by atoms with Crippen molar-refractivity contribution in [1.82, 2.24) is 19.9 Å². The highest BCUT2D eigenvalue weighted by molar-refractivity contribution is 7.89. The predicted molar refractivity (Wildman–Crippen MR) is 73.3 cm³/mol. The van der Waals surface area contributed by atoms with E-state index in [-0.39, 0.29) is 16.5 Å². The lowest BCUT2D eigenvalue weighted by atomic mass is 10.3. The van der Waals surface area contributed by atoms with Crippen LogP contribution in [-0.2, 0) is 16.4 Å². The summed E-state index contributed by atoms with van der Waals surface area (Å²) < 4.78 is 31.6. The van der Waals surface area contributed by atoms with Gasteiger partial charge in [-0.3, -0.25) is 5.10 Å². The SMILES string of the molecule is COc1ccc(S(=O)(=O)NCCc2ncn[nH]2)cc1Cl. The number of hydrogen-bond donors (Lipinski definition) is 2. The van der Waals surface area contributed by atoms with Crippen LogP contribution in [0.3, 0.4) is 0 Å². The summed E-state index contributed by atoms with van der Waals surface area (Å²) in [6.45, 7) is 0.209. The Kier molecular flexibility index (Phi) is 4.58. The number of nitrogens with one attached hydrogen (secondary N) is 2. The summed E-state index contributed by atoms with van der Waals surface area (Å²) in [4.78, 5) is 3.99. The number of hydrogen-bond acceptors (Lipinski definition) is 5. The molecule has 1 heterocycles. The lowest BCUT2D eigenvalue weighted by Crippen LogP contribution is -2.26. The number of methoxy groups -OCH3 is 1. The van der Waals surface area contributed by atoms with Crippen LogP contribution in [0.5, 0.6) is 5.75 Å². The highest BCUT2D eigenvalue weighted by Gasteiger charge is 2.15. The van der Waals surface area contributed by atoms with Crippen LogP contribution >= 0.6 is 11.6 Å². The number of halogens is 1. The molecule has 0 spiro atoms. The summed E-state index contributed by atoms with van der Waals surface area (Å²) in [5.74, 6) is 1.03. The number of benzene rings is 1. The van der Waals surface area contributed by atoms with E-state index in [9.17, 15) is 8.42 Å². The third-order valence-electron chi connectivity index (χ3n) is 2.55. The second kappa shape index (κ2) is 6.21. The highest BCUT2D eigenvalue weighted by atomic mass is 35.5. The molecule has 2 rings (SSSR count). The Labute approximate surface area is 121 Å². The highest BCUT2D eigenvalue weighted by Crippen LogP contribution is 2.26. The molecule has 2 N–H and O–H groups in total. The fraction of sp³-hybridized carbons (Fsp3) is 0.273. The van der Waals surface area contributed by atoms with Gasteiger partial charge in [-0.1, -0.05) is 11.6 Å². The van der Waals surface area contributed by atoms with Gasteiger partial charge in [-0.25, -0.2) is 18.1 Å². The van der Waals surface area contributed by atoms with Gasteiger partial charge in [0.1, 0.15) is 17.9 Å². The number of nitrogens with zero attached hydrogens (tertiary/aromatic N) is 2. The lowest BCUT2D eigenvalue weighted by Gasteiger charge is -2.08. The zero-order valence-electron chi connectivity index (χ0n) is 10.6. The summed E-state index contributed by atoms with van der Waals surface area (Å²) >= 11 is 5.91. The third kappa shape index (κ3) is 3.47. The van der Waals surface area contributed by atoms with Gasteiger partial charge in [-0.05, 0) is 18.2 Å². The molecule has 0 atom stereocenters. The van der Waals surface area contributed by atoms with E-state index < -0.39 is 10.0 Å². The van der Waals surface area contributed by atoms with E-state index >= 15 is 0 Å². The number of rotatable bonds is 6. The maximum absolute atomic E-state index is 12.1. The van der Waals surface area contributed by atoms with Crippen molar-refractivity contribution in [2.24, 2.45) is 0 Å². The Morgan fingerprint density at radius 3 is 2.85 bits per heavy atom. The molecule has 20 heavy (non-hydrogen) atoms. The van der Waals surface area contributed by atoms with Crippen molar-refractivity contribution >= 4 is 21.6 Å². The molecule has 0 unspecified atom stereocenters. The predicted octanol–water partition coefficient (Wildman–Crippen LogP) is 0.988. The maximum atomic E-state index is 12.1. The normalized spacial score (nSPS) is 11.5. The van der Waals surface area contributed by atoms with Crippen molar-refractivity contribution in [3.8, 4) is 5.75 Å². The molecule has 0 bridgehead atoms. The van der Waals surface area contributed by atoms with Gasteiger partial charge in [-0.15, -0.1) is 0 Å². The minimum Gasteiger partial charge on any atom is -0.495 e. The van der Waals surface area contributed by atoms with Gasteiger partial charge in [-0.2, -0.15) is 5.10 Å². The van der Waals surface area contributed by atoms with Crippen molar-refractivity contribution in [3.63, 3.8) is 0 Å². The topological polar surface area (TPSA) is 97.0 Å². The fourth-order valence-corrected chi connectivity index (χ4v) is 2.93. The Hall–Kier alpha value is -1.64. The molecule has 108 valence electrons. The van der Waals surface area contributed by atoms with E-state index in [2.05, 4.69) is 19.9 Å². The first-order chi connectivity index (χ1) is 9.53. The average Bonchev–Trinajstić information content (AvgIpc) is 2.91. The van der Waals surface area contributed by atoms with Crippen molar-refractivity contribution < 1.29 is 13.2 Å². The van der Waals surface area contributed by atoms with Crippen molar-refractivity contribution in [3.05, 3.63) is 35.4 Å². The molecule has 0 aliphatic carbocycles. The molecule has 0 aliphatic rings. The number of ether oxygens (including phenoxy) is 1. The first-order valence-corrected chi connectivity index (χ1v) is 7.56. The number of aromatic nitrogens is 3. The van der Waals surface area contributed by atoms with Crippen LogP contribution in [0.15, 0.2) is 29.4 Å². The average molecular weight is 317 g/mol. The van der Waals surface area contributed by atoms with Gasteiger partial charge in [0.05, 0.1) is 17.0 Å². The standard InChI is InChI=1S/C11H13ClN4O3S/c1-19-10-3-2-8(6-9(10)12)20(17,18)15-5-4-11-13-7-14-16-11/h2-3,6-7,15H,4-5H2,1H3,(H,13,14,16). The molecule has 1 aromatic carbocycles. The Morgan fingerprint density at radius 2 is 2.25 bits per heavy atom. The fourth-order valence-electron chi connectivity index (χ4n) is 1.55. The zero-order chi connectivity index (χ0) is 14.6. The quantitative estimate of drug-likeness (QED) is 0.828. The van der Waals surface area contributed by atoms with Gasteiger partial charge in [0.15, 0.2) is 0 Å². The summed E-state index contributed by atoms with van der Waals surface area (Å²) in [6.07, 6.45) is 1.79. The number of sulfonamides is 1. The van der Waals surface area contributed by atoms with Gasteiger partial charge >= 0.3 is 0 Å². The molecule has 2 aromatic rings. The van der Waals surface area contributed by atoms with Crippen LogP contribution in [0.1, 0.15) is 5.82 Å². The first kappa shape index (κ1) is 14.8. The monoisotopic (exact) mass is 316 g/mol. The van der Waals surface area contributed by atoms with E-state index in [0.717, 1.165) is 0 Å². The molecule has 0 radical (unpaired) electrons. The largest absolute Gasteiger partial charge is 0.495 e. The van der Waals surface area contributed by atoms with Crippen LogP contribution in [0, 0.1) is 0 Å². The molecular formula is C11H13ClN4O3S. The molecular weight excluding hydrogens is 304 g/mol. The minimum absolute atomic E-state index is 0.0841. The molecule has 7 nitrogen and oxygen atoms in total. The Bertz CT molecular complexity index is 673. The Morgan fingerprint density at radius 1 is 1.45 bits per heavy atom. The summed E-state index contributed by atoms with van der Waals surface area (Å²) in [7, 11) is -2.15. The molecule has 0 aliphatic heterocycles.